The molecular formula is C29H43N3O4. The molecule has 7 heteroatoms. The van der Waals surface area contributed by atoms with Crippen LogP contribution in [0.2, 0.25) is 0 Å². The summed E-state index contributed by atoms with van der Waals surface area (Å²) in [5, 5.41) is 3.04. The predicted molar refractivity (Wildman–Crippen MR) is 144 cm³/mol. The molecule has 7 nitrogen and oxygen atoms in total. The number of nitrogens with zero attached hydrogens (tertiary/aromatic N) is 2. The molecule has 0 saturated heterocycles. The third-order valence-corrected chi connectivity index (χ3v) is 6.24. The second-order valence-electron chi connectivity index (χ2n) is 9.17. The maximum Gasteiger partial charge on any atom is 0.410 e. The molecule has 0 spiro atoms. The number of carbonyl (C=O) groups is 2. The van der Waals surface area contributed by atoms with E-state index in [0.717, 1.165) is 29.0 Å². The Labute approximate surface area is 216 Å². The second kappa shape index (κ2) is 14.5. The molecule has 1 unspecified atom stereocenters. The van der Waals surface area contributed by atoms with Gasteiger partial charge in [-0.2, -0.15) is 0 Å². The molecule has 2 amide bonds. The normalized spacial score (nSPS) is 14.7. The van der Waals surface area contributed by atoms with Crippen molar-refractivity contribution in [1.82, 2.24) is 15.1 Å². The highest BCUT2D eigenvalue weighted by atomic mass is 16.5. The Bertz CT molecular complexity index is 954. The molecule has 0 saturated carbocycles. The Morgan fingerprint density at radius 1 is 1.06 bits per heavy atom. The molecule has 36 heavy (non-hydrogen) atoms. The van der Waals surface area contributed by atoms with Crippen molar-refractivity contribution >= 4 is 12.0 Å². The molecule has 2 aromatic rings. The first kappa shape index (κ1) is 29.2. The second-order valence-corrected chi connectivity index (χ2v) is 9.17. The average Bonchev–Trinajstić information content (AvgIpc) is 2.89. The number of amides is 2. The zero-order valence-corrected chi connectivity index (χ0v) is 22.9. The summed E-state index contributed by atoms with van der Waals surface area (Å²) >= 11 is 0. The number of rotatable bonds is 9. The molecule has 0 aliphatic carbocycles. The van der Waals surface area contributed by atoms with Gasteiger partial charge < -0.3 is 14.8 Å². The fourth-order valence-electron chi connectivity index (χ4n) is 4.55. The third-order valence-electron chi connectivity index (χ3n) is 6.24. The average molecular weight is 498 g/mol. The summed E-state index contributed by atoms with van der Waals surface area (Å²) in [6.07, 6.45) is 0.131. The Balaban J connectivity index is 0.00000222. The van der Waals surface area contributed by atoms with E-state index in [1.807, 2.05) is 62.4 Å². The number of nitrogens with one attached hydrogen (secondary N) is 1. The molecule has 1 aliphatic heterocycles. The SMILES string of the molecule is CC.COC(=O)N1CCc2cc(OCc3ccccc3)ccc2C1C(=O)NCCN(C(C)C)C(C)C. The number of hydrogen-bond acceptors (Lipinski definition) is 5. The Kier molecular flexibility index (Phi) is 11.7. The van der Waals surface area contributed by atoms with Gasteiger partial charge in [-0.1, -0.05) is 50.2 Å². The van der Waals surface area contributed by atoms with E-state index in [0.29, 0.717) is 38.2 Å². The van der Waals surface area contributed by atoms with E-state index in [1.54, 1.807) is 0 Å². The molecule has 1 heterocycles. The van der Waals surface area contributed by atoms with E-state index >= 15 is 0 Å². The van der Waals surface area contributed by atoms with Gasteiger partial charge in [-0.05, 0) is 62.9 Å². The van der Waals surface area contributed by atoms with Crippen molar-refractivity contribution in [2.45, 2.75) is 72.7 Å². The van der Waals surface area contributed by atoms with Gasteiger partial charge in [0.25, 0.3) is 0 Å². The Morgan fingerprint density at radius 3 is 2.33 bits per heavy atom. The summed E-state index contributed by atoms with van der Waals surface area (Å²) in [7, 11) is 1.34. The minimum atomic E-state index is -0.731. The molecular weight excluding hydrogens is 454 g/mol. The molecule has 0 aromatic heterocycles. The topological polar surface area (TPSA) is 71.1 Å². The van der Waals surface area contributed by atoms with Gasteiger partial charge >= 0.3 is 6.09 Å². The number of fused-ring (bicyclic) bond motifs is 1. The van der Waals surface area contributed by atoms with E-state index in [1.165, 1.54) is 12.0 Å². The summed E-state index contributed by atoms with van der Waals surface area (Å²) in [5.74, 6) is 0.551. The van der Waals surface area contributed by atoms with Crippen molar-refractivity contribution in [3.05, 3.63) is 65.2 Å². The van der Waals surface area contributed by atoms with E-state index in [-0.39, 0.29) is 5.91 Å². The van der Waals surface area contributed by atoms with Crippen LogP contribution in [0.15, 0.2) is 48.5 Å². The van der Waals surface area contributed by atoms with Gasteiger partial charge in [0.1, 0.15) is 18.4 Å². The van der Waals surface area contributed by atoms with E-state index in [9.17, 15) is 9.59 Å². The Hall–Kier alpha value is -3.06. The third kappa shape index (κ3) is 7.72. The first-order chi connectivity index (χ1) is 17.3. The quantitative estimate of drug-likeness (QED) is 0.516. The van der Waals surface area contributed by atoms with E-state index in [2.05, 4.69) is 37.9 Å². The minimum absolute atomic E-state index is 0.197. The number of hydrogen-bond donors (Lipinski definition) is 1. The number of ether oxygens (including phenoxy) is 2. The van der Waals surface area contributed by atoms with Crippen molar-refractivity contribution in [3.8, 4) is 5.75 Å². The van der Waals surface area contributed by atoms with Crippen LogP contribution in [0.5, 0.6) is 5.75 Å². The molecule has 198 valence electrons. The maximum absolute atomic E-state index is 13.3. The van der Waals surface area contributed by atoms with Crippen molar-refractivity contribution in [1.29, 1.82) is 0 Å². The zero-order chi connectivity index (χ0) is 26.7. The minimum Gasteiger partial charge on any atom is -0.489 e. The van der Waals surface area contributed by atoms with Crippen molar-refractivity contribution in [3.63, 3.8) is 0 Å². The van der Waals surface area contributed by atoms with Gasteiger partial charge in [0.15, 0.2) is 0 Å². The summed E-state index contributed by atoms with van der Waals surface area (Å²) in [6.45, 7) is 14.7. The number of benzene rings is 2. The van der Waals surface area contributed by atoms with Crippen molar-refractivity contribution in [2.75, 3.05) is 26.7 Å². The van der Waals surface area contributed by atoms with Gasteiger partial charge in [-0.15, -0.1) is 0 Å². The summed E-state index contributed by atoms with van der Waals surface area (Å²) in [6, 6.07) is 15.8. The van der Waals surface area contributed by atoms with Crippen LogP contribution >= 0.6 is 0 Å². The van der Waals surface area contributed by atoms with Crippen LogP contribution in [0.4, 0.5) is 4.79 Å². The molecule has 1 atom stereocenters. The molecule has 1 N–H and O–H groups in total. The molecule has 1 aliphatic rings. The van der Waals surface area contributed by atoms with Gasteiger partial charge in [0.05, 0.1) is 7.11 Å². The molecule has 2 aromatic carbocycles. The number of methoxy groups -OCH3 is 1. The maximum atomic E-state index is 13.3. The highest BCUT2D eigenvalue weighted by molar-refractivity contribution is 5.87. The van der Waals surface area contributed by atoms with Crippen LogP contribution in [0.3, 0.4) is 0 Å². The van der Waals surface area contributed by atoms with Gasteiger partial charge in [0, 0.05) is 31.7 Å². The first-order valence-electron chi connectivity index (χ1n) is 13.0. The highest BCUT2D eigenvalue weighted by Gasteiger charge is 2.36. The predicted octanol–water partition coefficient (Wildman–Crippen LogP) is 5.19. The van der Waals surface area contributed by atoms with Gasteiger partial charge in [-0.25, -0.2) is 4.79 Å². The standard InChI is InChI=1S/C27H37N3O4.C2H6/c1-19(2)29(20(3)4)16-14-28-26(31)25-24-12-11-23(34-18-21-9-7-6-8-10-21)17-22(24)13-15-30(25)27(32)33-5;1-2/h6-12,17,19-20,25H,13-16,18H2,1-5H3,(H,28,31);1-2H3. The zero-order valence-electron chi connectivity index (χ0n) is 22.9. The lowest BCUT2D eigenvalue weighted by Crippen LogP contribution is -2.49. The lowest BCUT2D eigenvalue weighted by Gasteiger charge is -2.36. The van der Waals surface area contributed by atoms with Crippen LogP contribution in [-0.4, -0.2) is 60.6 Å². The summed E-state index contributed by atoms with van der Waals surface area (Å²) < 4.78 is 11.0. The van der Waals surface area contributed by atoms with Gasteiger partial charge in [-0.3, -0.25) is 14.6 Å². The largest absolute Gasteiger partial charge is 0.489 e. The van der Waals surface area contributed by atoms with Crippen LogP contribution in [0, 0.1) is 0 Å². The lowest BCUT2D eigenvalue weighted by molar-refractivity contribution is -0.126. The number of carbonyl (C=O) groups excluding carboxylic acids is 2. The van der Waals surface area contributed by atoms with Crippen molar-refractivity contribution in [2.24, 2.45) is 0 Å². The lowest BCUT2D eigenvalue weighted by atomic mass is 9.92. The van der Waals surface area contributed by atoms with Crippen molar-refractivity contribution < 1.29 is 19.1 Å². The summed E-state index contributed by atoms with van der Waals surface area (Å²) in [5.41, 5.74) is 2.91. The summed E-state index contributed by atoms with van der Waals surface area (Å²) in [4.78, 5) is 29.6. The van der Waals surface area contributed by atoms with Crippen LogP contribution in [-0.2, 0) is 22.6 Å². The monoisotopic (exact) mass is 497 g/mol. The molecule has 0 fully saturated rings. The fraction of sp³-hybridized carbons (Fsp3) is 0.517. The van der Waals surface area contributed by atoms with E-state index < -0.39 is 12.1 Å². The van der Waals surface area contributed by atoms with Crippen LogP contribution < -0.4 is 10.1 Å². The highest BCUT2D eigenvalue weighted by Crippen LogP contribution is 2.33. The van der Waals surface area contributed by atoms with Crippen LogP contribution in [0.1, 0.15) is 64.3 Å². The van der Waals surface area contributed by atoms with Crippen LogP contribution in [0.25, 0.3) is 0 Å². The fourth-order valence-corrected chi connectivity index (χ4v) is 4.55. The van der Waals surface area contributed by atoms with E-state index in [4.69, 9.17) is 9.47 Å². The first-order valence-corrected chi connectivity index (χ1v) is 13.0. The molecule has 0 bridgehead atoms. The Morgan fingerprint density at radius 2 is 1.72 bits per heavy atom. The smallest absolute Gasteiger partial charge is 0.410 e. The molecule has 0 radical (unpaired) electrons. The van der Waals surface area contributed by atoms with Gasteiger partial charge in [0.2, 0.25) is 5.91 Å². The molecule has 3 rings (SSSR count).